The summed E-state index contributed by atoms with van der Waals surface area (Å²) in [6.07, 6.45) is -0.651. The molecule has 4 nitrogen and oxygen atoms in total. The molecule has 0 aliphatic carbocycles. The van der Waals surface area contributed by atoms with Crippen molar-refractivity contribution in [2.75, 3.05) is 0 Å². The second-order valence-corrected chi connectivity index (χ2v) is 6.73. The molecule has 1 unspecified atom stereocenters. The van der Waals surface area contributed by atoms with Gasteiger partial charge in [0.25, 0.3) is 0 Å². The molecule has 0 amide bonds. The summed E-state index contributed by atoms with van der Waals surface area (Å²) in [6.45, 7) is 4.10. The highest BCUT2D eigenvalue weighted by molar-refractivity contribution is 7.12. The molecule has 0 radical (unpaired) electrons. The van der Waals surface area contributed by atoms with Gasteiger partial charge in [0, 0.05) is 23.8 Å². The zero-order chi connectivity index (χ0) is 15.3. The lowest BCUT2D eigenvalue weighted by molar-refractivity contribution is 0.224. The quantitative estimate of drug-likeness (QED) is 0.791. The van der Waals surface area contributed by atoms with Crippen molar-refractivity contribution in [3.63, 3.8) is 0 Å². The van der Waals surface area contributed by atoms with Crippen LogP contribution in [0.2, 0.25) is 0 Å². The Labute approximate surface area is 126 Å². The van der Waals surface area contributed by atoms with Crippen LogP contribution in [-0.4, -0.2) is 14.2 Å². The third-order valence-electron chi connectivity index (χ3n) is 4.07. The van der Waals surface area contributed by atoms with Gasteiger partial charge in [0.05, 0.1) is 11.0 Å². The van der Waals surface area contributed by atoms with Crippen LogP contribution in [0.5, 0.6) is 0 Å². The Morgan fingerprint density at radius 1 is 1.10 bits per heavy atom. The van der Waals surface area contributed by atoms with E-state index in [0.717, 1.165) is 21.5 Å². The molecule has 3 rings (SSSR count). The minimum absolute atomic E-state index is 0.0561. The number of nitrogens with zero attached hydrogens (tertiary/aromatic N) is 2. The van der Waals surface area contributed by atoms with Crippen LogP contribution in [0.1, 0.15) is 27.0 Å². The lowest BCUT2D eigenvalue weighted by atomic mass is 10.1. The zero-order valence-electron chi connectivity index (χ0n) is 12.5. The van der Waals surface area contributed by atoms with E-state index in [1.165, 1.54) is 10.4 Å². The Kier molecular flexibility index (Phi) is 3.26. The van der Waals surface area contributed by atoms with Crippen molar-refractivity contribution in [3.8, 4) is 0 Å². The average molecular weight is 302 g/mol. The molecule has 0 spiro atoms. The van der Waals surface area contributed by atoms with Crippen molar-refractivity contribution in [2.45, 2.75) is 20.0 Å². The van der Waals surface area contributed by atoms with Crippen molar-refractivity contribution in [1.82, 2.24) is 9.13 Å². The second-order valence-electron chi connectivity index (χ2n) is 5.44. The summed E-state index contributed by atoms with van der Waals surface area (Å²) in [5.74, 6) is 0. The second kappa shape index (κ2) is 4.86. The van der Waals surface area contributed by atoms with E-state index in [0.29, 0.717) is 0 Å². The minimum atomic E-state index is -0.651. The SMILES string of the molecule is Cc1cc(C(O)c2ccc3c(c2)n(C)c(=O)n3C)sc1C. The fourth-order valence-corrected chi connectivity index (χ4v) is 3.65. The number of thiophene rings is 1. The molecule has 0 aliphatic rings. The first-order chi connectivity index (χ1) is 9.90. The maximum absolute atomic E-state index is 12.0. The third kappa shape index (κ3) is 2.13. The number of aliphatic hydroxyl groups excluding tert-OH is 1. The van der Waals surface area contributed by atoms with E-state index >= 15 is 0 Å². The standard InChI is InChI=1S/C16H18N2O2S/c1-9-7-14(21-10(9)2)15(19)11-5-6-12-13(8-11)18(4)16(20)17(12)3/h5-8,15,19H,1-4H3. The molecule has 0 aliphatic heterocycles. The highest BCUT2D eigenvalue weighted by Crippen LogP contribution is 2.31. The van der Waals surface area contributed by atoms with Gasteiger partial charge < -0.3 is 5.11 Å². The Morgan fingerprint density at radius 3 is 2.38 bits per heavy atom. The molecule has 0 bridgehead atoms. The Morgan fingerprint density at radius 2 is 1.76 bits per heavy atom. The number of hydrogen-bond donors (Lipinski definition) is 1. The molecular weight excluding hydrogens is 284 g/mol. The van der Waals surface area contributed by atoms with E-state index in [4.69, 9.17) is 0 Å². The number of fused-ring (bicyclic) bond motifs is 1. The summed E-state index contributed by atoms with van der Waals surface area (Å²) in [7, 11) is 3.51. The first kappa shape index (κ1) is 14.1. The van der Waals surface area contributed by atoms with E-state index in [2.05, 4.69) is 6.92 Å². The van der Waals surface area contributed by atoms with Crippen molar-refractivity contribution in [3.05, 3.63) is 55.6 Å². The van der Waals surface area contributed by atoms with Gasteiger partial charge in [-0.05, 0) is 43.2 Å². The molecule has 0 saturated carbocycles. The van der Waals surface area contributed by atoms with Crippen LogP contribution in [-0.2, 0) is 14.1 Å². The molecule has 5 heteroatoms. The van der Waals surface area contributed by atoms with Crippen LogP contribution >= 0.6 is 11.3 Å². The molecule has 1 atom stereocenters. The van der Waals surface area contributed by atoms with E-state index in [1.807, 2.05) is 31.2 Å². The zero-order valence-corrected chi connectivity index (χ0v) is 13.4. The normalized spacial score (nSPS) is 13.0. The smallest absolute Gasteiger partial charge is 0.328 e. The van der Waals surface area contributed by atoms with Gasteiger partial charge in [-0.3, -0.25) is 9.13 Å². The highest BCUT2D eigenvalue weighted by Gasteiger charge is 2.16. The van der Waals surface area contributed by atoms with Gasteiger partial charge in [-0.1, -0.05) is 6.07 Å². The first-order valence-electron chi connectivity index (χ1n) is 6.80. The van der Waals surface area contributed by atoms with Crippen LogP contribution in [0.15, 0.2) is 29.1 Å². The number of benzene rings is 1. The van der Waals surface area contributed by atoms with Crippen LogP contribution in [0.25, 0.3) is 11.0 Å². The summed E-state index contributed by atoms with van der Waals surface area (Å²) >= 11 is 1.61. The first-order valence-corrected chi connectivity index (χ1v) is 7.62. The fourth-order valence-electron chi connectivity index (χ4n) is 2.59. The topological polar surface area (TPSA) is 47.2 Å². The third-order valence-corrected chi connectivity index (χ3v) is 5.27. The summed E-state index contributed by atoms with van der Waals surface area (Å²) < 4.78 is 3.22. The Balaban J connectivity index is 2.12. The van der Waals surface area contributed by atoms with Crippen LogP contribution in [0.4, 0.5) is 0 Å². The molecule has 110 valence electrons. The highest BCUT2D eigenvalue weighted by atomic mass is 32.1. The van der Waals surface area contributed by atoms with Gasteiger partial charge in [-0.2, -0.15) is 0 Å². The molecule has 0 saturated heterocycles. The van der Waals surface area contributed by atoms with Gasteiger partial charge in [-0.15, -0.1) is 11.3 Å². The summed E-state index contributed by atoms with van der Waals surface area (Å²) in [5, 5.41) is 10.6. The Bertz CT molecular complexity index is 866. The minimum Gasteiger partial charge on any atom is -0.383 e. The summed E-state index contributed by atoms with van der Waals surface area (Å²) in [4.78, 5) is 14.1. The summed E-state index contributed by atoms with van der Waals surface area (Å²) in [5.41, 5.74) is 3.66. The van der Waals surface area contributed by atoms with Gasteiger partial charge in [0.15, 0.2) is 0 Å². The lowest BCUT2D eigenvalue weighted by Gasteiger charge is -2.09. The van der Waals surface area contributed by atoms with Gasteiger partial charge in [0.1, 0.15) is 6.10 Å². The molecule has 1 aromatic carbocycles. The van der Waals surface area contributed by atoms with Crippen molar-refractivity contribution in [1.29, 1.82) is 0 Å². The predicted molar refractivity (Wildman–Crippen MR) is 86.0 cm³/mol. The largest absolute Gasteiger partial charge is 0.383 e. The summed E-state index contributed by atoms with van der Waals surface area (Å²) in [6, 6.07) is 7.70. The number of rotatable bonds is 2. The number of imidazole rings is 1. The molecule has 1 N–H and O–H groups in total. The molecule has 3 aromatic rings. The van der Waals surface area contributed by atoms with E-state index < -0.39 is 6.10 Å². The van der Waals surface area contributed by atoms with Gasteiger partial charge in [-0.25, -0.2) is 4.79 Å². The van der Waals surface area contributed by atoms with E-state index in [9.17, 15) is 9.90 Å². The maximum atomic E-state index is 12.0. The van der Waals surface area contributed by atoms with Crippen molar-refractivity contribution in [2.24, 2.45) is 14.1 Å². The van der Waals surface area contributed by atoms with Crippen molar-refractivity contribution >= 4 is 22.4 Å². The maximum Gasteiger partial charge on any atom is 0.328 e. The number of hydrogen-bond acceptors (Lipinski definition) is 3. The predicted octanol–water partition coefficient (Wildman–Crippen LogP) is 2.64. The molecule has 21 heavy (non-hydrogen) atoms. The van der Waals surface area contributed by atoms with Crippen LogP contribution in [0.3, 0.4) is 0 Å². The van der Waals surface area contributed by atoms with E-state index in [1.54, 1.807) is 34.6 Å². The van der Waals surface area contributed by atoms with Crippen LogP contribution in [0, 0.1) is 13.8 Å². The molecular formula is C16H18N2O2S. The molecule has 0 fully saturated rings. The van der Waals surface area contributed by atoms with Crippen LogP contribution < -0.4 is 5.69 Å². The average Bonchev–Trinajstić information content (AvgIpc) is 2.92. The van der Waals surface area contributed by atoms with Gasteiger partial charge in [0.2, 0.25) is 0 Å². The lowest BCUT2D eigenvalue weighted by Crippen LogP contribution is -2.19. The van der Waals surface area contributed by atoms with Gasteiger partial charge >= 0.3 is 5.69 Å². The number of aliphatic hydroxyl groups is 1. The fraction of sp³-hybridized carbons (Fsp3) is 0.312. The Hall–Kier alpha value is -1.85. The van der Waals surface area contributed by atoms with Crippen molar-refractivity contribution < 1.29 is 5.11 Å². The monoisotopic (exact) mass is 302 g/mol. The molecule has 2 aromatic heterocycles. The number of aromatic nitrogens is 2. The van der Waals surface area contributed by atoms with E-state index in [-0.39, 0.29) is 5.69 Å². The molecule has 2 heterocycles. The number of aryl methyl sites for hydroxylation is 4.